The zero-order chi connectivity index (χ0) is 17.2. The molecule has 3 rings (SSSR count). The maximum absolute atomic E-state index is 11.5. The molecule has 128 valence electrons. The molecule has 0 atom stereocenters. The van der Waals surface area contributed by atoms with Crippen molar-refractivity contribution in [1.29, 1.82) is 0 Å². The first-order chi connectivity index (χ1) is 11.4. The smallest absolute Gasteiger partial charge is 0.175 e. The molecule has 1 aromatic carbocycles. The quantitative estimate of drug-likeness (QED) is 0.836. The molecule has 1 aliphatic heterocycles. The van der Waals surface area contributed by atoms with Crippen LogP contribution in [0.4, 0.5) is 5.82 Å². The van der Waals surface area contributed by atoms with Gasteiger partial charge in [0.25, 0.3) is 0 Å². The summed E-state index contributed by atoms with van der Waals surface area (Å²) in [5.74, 6) is 0.967. The minimum Gasteiger partial charge on any atom is -0.353 e. The zero-order valence-electron chi connectivity index (χ0n) is 14.0. The van der Waals surface area contributed by atoms with Gasteiger partial charge in [0.2, 0.25) is 0 Å². The number of piperazine rings is 1. The van der Waals surface area contributed by atoms with E-state index in [1.807, 2.05) is 19.1 Å². The average molecular weight is 346 g/mol. The summed E-state index contributed by atoms with van der Waals surface area (Å²) in [6.45, 7) is 6.55. The molecule has 0 radical (unpaired) electrons. The molecule has 1 aromatic heterocycles. The zero-order valence-corrected chi connectivity index (χ0v) is 14.8. The van der Waals surface area contributed by atoms with Crippen LogP contribution in [0.1, 0.15) is 11.3 Å². The van der Waals surface area contributed by atoms with Crippen LogP contribution in [-0.4, -0.2) is 55.7 Å². The van der Waals surface area contributed by atoms with E-state index in [9.17, 15) is 8.42 Å². The Morgan fingerprint density at radius 2 is 1.62 bits per heavy atom. The second-order valence-electron chi connectivity index (χ2n) is 6.14. The van der Waals surface area contributed by atoms with Crippen LogP contribution in [0, 0.1) is 6.92 Å². The van der Waals surface area contributed by atoms with Gasteiger partial charge < -0.3 is 4.90 Å². The third-order valence-electron chi connectivity index (χ3n) is 4.28. The fraction of sp³-hybridized carbons (Fsp3) is 0.412. The summed E-state index contributed by atoms with van der Waals surface area (Å²) < 4.78 is 23.0. The summed E-state index contributed by atoms with van der Waals surface area (Å²) in [5.41, 5.74) is 2.09. The van der Waals surface area contributed by atoms with Crippen molar-refractivity contribution in [2.45, 2.75) is 18.4 Å². The molecule has 6 nitrogen and oxygen atoms in total. The number of sulfone groups is 1. The van der Waals surface area contributed by atoms with Crippen molar-refractivity contribution in [3.05, 3.63) is 47.9 Å². The molecular weight excluding hydrogens is 324 g/mol. The van der Waals surface area contributed by atoms with Gasteiger partial charge in [0, 0.05) is 51.4 Å². The highest BCUT2D eigenvalue weighted by atomic mass is 32.2. The highest BCUT2D eigenvalue weighted by Crippen LogP contribution is 2.18. The van der Waals surface area contributed by atoms with Crippen LogP contribution in [0.3, 0.4) is 0 Å². The van der Waals surface area contributed by atoms with Crippen LogP contribution < -0.4 is 4.90 Å². The standard InChI is InChI=1S/C17H22N4O2S/c1-14-17(19-8-7-18-14)21-11-9-20(10-12-21)13-15-3-5-16(6-4-15)24(2,22)23/h3-8H,9-13H2,1-2H3. The van der Waals surface area contributed by atoms with E-state index in [1.54, 1.807) is 24.5 Å². The SMILES string of the molecule is Cc1nccnc1N1CCN(Cc2ccc(S(C)(=O)=O)cc2)CC1. The van der Waals surface area contributed by atoms with Gasteiger partial charge in [-0.05, 0) is 24.6 Å². The van der Waals surface area contributed by atoms with Gasteiger partial charge in [-0.25, -0.2) is 13.4 Å². The maximum atomic E-state index is 11.5. The molecule has 7 heteroatoms. The number of anilines is 1. The molecule has 0 amide bonds. The molecule has 0 N–H and O–H groups in total. The van der Waals surface area contributed by atoms with Gasteiger partial charge in [-0.2, -0.15) is 0 Å². The van der Waals surface area contributed by atoms with E-state index in [0.717, 1.165) is 49.8 Å². The monoisotopic (exact) mass is 346 g/mol. The number of rotatable bonds is 4. The number of hydrogen-bond acceptors (Lipinski definition) is 6. The lowest BCUT2D eigenvalue weighted by molar-refractivity contribution is 0.249. The van der Waals surface area contributed by atoms with E-state index < -0.39 is 9.84 Å². The largest absolute Gasteiger partial charge is 0.353 e. The van der Waals surface area contributed by atoms with Gasteiger partial charge in [-0.3, -0.25) is 9.88 Å². The van der Waals surface area contributed by atoms with Crippen LogP contribution in [0.2, 0.25) is 0 Å². The second kappa shape index (κ2) is 6.86. The second-order valence-corrected chi connectivity index (χ2v) is 8.16. The normalized spacial score (nSPS) is 16.3. The number of hydrogen-bond donors (Lipinski definition) is 0. The van der Waals surface area contributed by atoms with E-state index in [0.29, 0.717) is 4.90 Å². The lowest BCUT2D eigenvalue weighted by Gasteiger charge is -2.35. The van der Waals surface area contributed by atoms with Gasteiger partial charge in [0.15, 0.2) is 9.84 Å². The third kappa shape index (κ3) is 3.91. The van der Waals surface area contributed by atoms with E-state index in [2.05, 4.69) is 19.8 Å². The highest BCUT2D eigenvalue weighted by Gasteiger charge is 2.19. The fourth-order valence-corrected chi connectivity index (χ4v) is 3.56. The Hall–Kier alpha value is -1.99. The lowest BCUT2D eigenvalue weighted by Crippen LogP contribution is -2.46. The predicted octanol–water partition coefficient (Wildman–Crippen LogP) is 1.51. The Kier molecular flexibility index (Phi) is 4.82. The minimum atomic E-state index is -3.13. The fourth-order valence-electron chi connectivity index (χ4n) is 2.93. The van der Waals surface area contributed by atoms with E-state index >= 15 is 0 Å². The molecule has 0 bridgehead atoms. The van der Waals surface area contributed by atoms with Crippen molar-refractivity contribution in [2.24, 2.45) is 0 Å². The summed E-state index contributed by atoms with van der Waals surface area (Å²) in [6, 6.07) is 7.17. The average Bonchev–Trinajstić information content (AvgIpc) is 2.56. The lowest BCUT2D eigenvalue weighted by atomic mass is 10.2. The van der Waals surface area contributed by atoms with Gasteiger partial charge in [0.05, 0.1) is 10.6 Å². The number of benzene rings is 1. The van der Waals surface area contributed by atoms with E-state index in [-0.39, 0.29) is 0 Å². The Morgan fingerprint density at radius 3 is 2.21 bits per heavy atom. The molecule has 1 saturated heterocycles. The number of nitrogens with zero attached hydrogens (tertiary/aromatic N) is 4. The minimum absolute atomic E-state index is 0.370. The predicted molar refractivity (Wildman–Crippen MR) is 93.8 cm³/mol. The van der Waals surface area contributed by atoms with Crippen LogP contribution in [0.5, 0.6) is 0 Å². The molecule has 0 spiro atoms. The first kappa shape index (κ1) is 16.9. The summed E-state index contributed by atoms with van der Waals surface area (Å²) >= 11 is 0. The first-order valence-electron chi connectivity index (χ1n) is 7.97. The number of aromatic nitrogens is 2. The Labute approximate surface area is 143 Å². The number of aryl methyl sites for hydroxylation is 1. The third-order valence-corrected chi connectivity index (χ3v) is 5.41. The van der Waals surface area contributed by atoms with Gasteiger partial charge in [-0.15, -0.1) is 0 Å². The van der Waals surface area contributed by atoms with Crippen LogP contribution in [0.15, 0.2) is 41.6 Å². The summed E-state index contributed by atoms with van der Waals surface area (Å²) in [6.07, 6.45) is 4.68. The van der Waals surface area contributed by atoms with Crippen LogP contribution >= 0.6 is 0 Å². The first-order valence-corrected chi connectivity index (χ1v) is 9.86. The van der Waals surface area contributed by atoms with Gasteiger partial charge in [-0.1, -0.05) is 12.1 Å². The van der Waals surface area contributed by atoms with Crippen LogP contribution in [0.25, 0.3) is 0 Å². The Balaban J connectivity index is 1.59. The van der Waals surface area contributed by atoms with Crippen molar-refractivity contribution in [3.63, 3.8) is 0 Å². The summed E-state index contributed by atoms with van der Waals surface area (Å²) in [4.78, 5) is 13.7. The van der Waals surface area contributed by atoms with Gasteiger partial charge >= 0.3 is 0 Å². The molecule has 2 aromatic rings. The Morgan fingerprint density at radius 1 is 1.00 bits per heavy atom. The van der Waals surface area contributed by atoms with Crippen LogP contribution in [-0.2, 0) is 16.4 Å². The van der Waals surface area contributed by atoms with Gasteiger partial charge in [0.1, 0.15) is 5.82 Å². The molecular formula is C17H22N4O2S. The highest BCUT2D eigenvalue weighted by molar-refractivity contribution is 7.90. The van der Waals surface area contributed by atoms with Crippen molar-refractivity contribution in [2.75, 3.05) is 37.3 Å². The maximum Gasteiger partial charge on any atom is 0.175 e. The topological polar surface area (TPSA) is 66.4 Å². The van der Waals surface area contributed by atoms with Crippen molar-refractivity contribution >= 4 is 15.7 Å². The molecule has 0 aliphatic carbocycles. The Bertz CT molecular complexity index is 798. The molecule has 1 fully saturated rings. The van der Waals surface area contributed by atoms with E-state index in [1.165, 1.54) is 6.26 Å². The van der Waals surface area contributed by atoms with Crippen molar-refractivity contribution in [3.8, 4) is 0 Å². The summed E-state index contributed by atoms with van der Waals surface area (Å²) in [5, 5.41) is 0. The molecule has 1 aliphatic rings. The van der Waals surface area contributed by atoms with Crippen molar-refractivity contribution in [1.82, 2.24) is 14.9 Å². The molecule has 24 heavy (non-hydrogen) atoms. The van der Waals surface area contributed by atoms with Crippen molar-refractivity contribution < 1.29 is 8.42 Å². The molecule has 2 heterocycles. The van der Waals surface area contributed by atoms with E-state index in [4.69, 9.17) is 0 Å². The molecule has 0 unspecified atom stereocenters. The summed E-state index contributed by atoms with van der Waals surface area (Å²) in [7, 11) is -3.13. The molecule has 0 saturated carbocycles.